The van der Waals surface area contributed by atoms with Gasteiger partial charge in [0.25, 0.3) is 5.91 Å². The molecule has 0 aromatic heterocycles. The van der Waals surface area contributed by atoms with Crippen molar-refractivity contribution in [1.29, 1.82) is 0 Å². The highest BCUT2D eigenvalue weighted by atomic mass is 16.5. The van der Waals surface area contributed by atoms with Crippen LogP contribution < -0.4 is 4.74 Å². The van der Waals surface area contributed by atoms with Crippen LogP contribution in [0.25, 0.3) is 0 Å². The Labute approximate surface area is 123 Å². The Morgan fingerprint density at radius 3 is 2.76 bits per heavy atom. The second-order valence-electron chi connectivity index (χ2n) is 5.86. The van der Waals surface area contributed by atoms with Gasteiger partial charge in [0.15, 0.2) is 6.10 Å². The zero-order valence-electron chi connectivity index (χ0n) is 12.0. The number of piperidine rings is 1. The molecular formula is C16H19NO4. The molecule has 1 aromatic carbocycles. The van der Waals surface area contributed by atoms with Crippen LogP contribution in [-0.4, -0.2) is 40.6 Å². The highest BCUT2D eigenvalue weighted by Crippen LogP contribution is 2.31. The second-order valence-corrected chi connectivity index (χ2v) is 5.86. The first-order valence-corrected chi connectivity index (χ1v) is 7.34. The molecule has 1 aromatic rings. The number of carbonyl (C=O) groups is 2. The lowest BCUT2D eigenvalue weighted by Crippen LogP contribution is -2.50. The molecule has 3 unspecified atom stereocenters. The van der Waals surface area contributed by atoms with Crippen LogP contribution >= 0.6 is 0 Å². The second kappa shape index (κ2) is 5.39. The van der Waals surface area contributed by atoms with Crippen molar-refractivity contribution in [3.05, 3.63) is 29.8 Å². The average molecular weight is 289 g/mol. The van der Waals surface area contributed by atoms with Gasteiger partial charge in [0, 0.05) is 19.0 Å². The molecule has 0 spiro atoms. The van der Waals surface area contributed by atoms with Crippen LogP contribution in [-0.2, 0) is 16.0 Å². The first-order chi connectivity index (χ1) is 10.1. The Balaban J connectivity index is 1.66. The molecule has 2 aliphatic heterocycles. The Bertz CT molecular complexity index is 546. The summed E-state index contributed by atoms with van der Waals surface area (Å²) in [5.41, 5.74) is 1.06. The van der Waals surface area contributed by atoms with Crippen molar-refractivity contribution in [1.82, 2.24) is 4.90 Å². The molecular weight excluding hydrogens is 270 g/mol. The number of likely N-dealkylation sites (tertiary alicyclic amines) is 1. The van der Waals surface area contributed by atoms with Crippen molar-refractivity contribution in [2.24, 2.45) is 5.92 Å². The molecule has 0 bridgehead atoms. The Kier molecular flexibility index (Phi) is 3.57. The van der Waals surface area contributed by atoms with Gasteiger partial charge < -0.3 is 14.7 Å². The standard InChI is InChI=1S/C16H19NO4/c1-10-8-12(16(19)20)6-7-17(10)15(18)14-9-11-4-2-3-5-13(11)21-14/h2-5,10,12,14H,6-9H2,1H3,(H,19,20). The number of carboxylic acid groups (broad SMARTS) is 1. The lowest BCUT2D eigenvalue weighted by atomic mass is 9.91. The van der Waals surface area contributed by atoms with E-state index in [2.05, 4.69) is 0 Å². The Hall–Kier alpha value is -2.04. The van der Waals surface area contributed by atoms with Gasteiger partial charge in [-0.15, -0.1) is 0 Å². The molecule has 5 nitrogen and oxygen atoms in total. The predicted octanol–water partition coefficient (Wildman–Crippen LogP) is 1.70. The lowest BCUT2D eigenvalue weighted by Gasteiger charge is -2.37. The van der Waals surface area contributed by atoms with Gasteiger partial charge in [-0.1, -0.05) is 18.2 Å². The van der Waals surface area contributed by atoms with Gasteiger partial charge in [0.2, 0.25) is 0 Å². The zero-order chi connectivity index (χ0) is 15.0. The van der Waals surface area contributed by atoms with E-state index in [0.29, 0.717) is 25.8 Å². The third-order valence-corrected chi connectivity index (χ3v) is 4.43. The van der Waals surface area contributed by atoms with Crippen molar-refractivity contribution in [3.8, 4) is 5.75 Å². The topological polar surface area (TPSA) is 66.8 Å². The lowest BCUT2D eigenvalue weighted by molar-refractivity contribution is -0.149. The van der Waals surface area contributed by atoms with Gasteiger partial charge >= 0.3 is 5.97 Å². The SMILES string of the molecule is CC1CC(C(=O)O)CCN1C(=O)C1Cc2ccccc2O1. The van der Waals surface area contributed by atoms with Gasteiger partial charge in [-0.25, -0.2) is 0 Å². The molecule has 2 heterocycles. The van der Waals surface area contributed by atoms with Crippen LogP contribution in [0, 0.1) is 5.92 Å². The average Bonchev–Trinajstić information content (AvgIpc) is 2.90. The first-order valence-electron chi connectivity index (χ1n) is 7.34. The summed E-state index contributed by atoms with van der Waals surface area (Å²) in [6, 6.07) is 7.63. The molecule has 5 heteroatoms. The van der Waals surface area contributed by atoms with Gasteiger partial charge in [-0.2, -0.15) is 0 Å². The largest absolute Gasteiger partial charge is 0.481 e. The van der Waals surface area contributed by atoms with Crippen LogP contribution in [0.1, 0.15) is 25.3 Å². The molecule has 1 N–H and O–H groups in total. The van der Waals surface area contributed by atoms with Crippen molar-refractivity contribution in [2.75, 3.05) is 6.54 Å². The summed E-state index contributed by atoms with van der Waals surface area (Å²) in [6.45, 7) is 2.41. The van der Waals surface area contributed by atoms with Crippen molar-refractivity contribution < 1.29 is 19.4 Å². The van der Waals surface area contributed by atoms with Crippen LogP contribution in [0.15, 0.2) is 24.3 Å². The zero-order valence-corrected chi connectivity index (χ0v) is 12.0. The fourth-order valence-electron chi connectivity index (χ4n) is 3.23. The highest BCUT2D eigenvalue weighted by molar-refractivity contribution is 5.83. The van der Waals surface area contributed by atoms with E-state index in [0.717, 1.165) is 11.3 Å². The minimum atomic E-state index is -0.765. The third kappa shape index (κ3) is 2.60. The molecule has 3 atom stereocenters. The summed E-state index contributed by atoms with van der Waals surface area (Å²) in [7, 11) is 0. The molecule has 0 aliphatic carbocycles. The minimum absolute atomic E-state index is 0.0254. The number of para-hydroxylation sites is 1. The quantitative estimate of drug-likeness (QED) is 0.900. The number of aliphatic carboxylic acids is 1. The number of carboxylic acids is 1. The summed E-state index contributed by atoms with van der Waals surface area (Å²) in [5.74, 6) is -0.351. The molecule has 0 saturated carbocycles. The molecule has 1 fully saturated rings. The highest BCUT2D eigenvalue weighted by Gasteiger charge is 2.38. The van der Waals surface area contributed by atoms with Crippen LogP contribution in [0.4, 0.5) is 0 Å². The summed E-state index contributed by atoms with van der Waals surface area (Å²) >= 11 is 0. The molecule has 3 rings (SSSR count). The first kappa shape index (κ1) is 13.9. The number of benzene rings is 1. The van der Waals surface area contributed by atoms with Crippen molar-refractivity contribution >= 4 is 11.9 Å². The van der Waals surface area contributed by atoms with Crippen molar-refractivity contribution in [2.45, 2.75) is 38.3 Å². The summed E-state index contributed by atoms with van der Waals surface area (Å²) in [6.07, 6.45) is 1.16. The maximum Gasteiger partial charge on any atom is 0.306 e. The van der Waals surface area contributed by atoms with Gasteiger partial charge in [-0.05, 0) is 31.4 Å². The van der Waals surface area contributed by atoms with E-state index in [9.17, 15) is 9.59 Å². The monoisotopic (exact) mass is 289 g/mol. The van der Waals surface area contributed by atoms with Crippen LogP contribution in [0.2, 0.25) is 0 Å². The van der Waals surface area contributed by atoms with E-state index in [1.807, 2.05) is 31.2 Å². The fourth-order valence-corrected chi connectivity index (χ4v) is 3.23. The molecule has 2 aliphatic rings. The molecule has 21 heavy (non-hydrogen) atoms. The molecule has 0 radical (unpaired) electrons. The number of hydrogen-bond acceptors (Lipinski definition) is 3. The smallest absolute Gasteiger partial charge is 0.306 e. The third-order valence-electron chi connectivity index (χ3n) is 4.43. The normalized spacial score (nSPS) is 27.9. The molecule has 1 saturated heterocycles. The van der Waals surface area contributed by atoms with Gasteiger partial charge in [0.1, 0.15) is 5.75 Å². The molecule has 1 amide bonds. The summed E-state index contributed by atoms with van der Waals surface area (Å²) in [4.78, 5) is 25.4. The van der Waals surface area contributed by atoms with E-state index < -0.39 is 12.1 Å². The van der Waals surface area contributed by atoms with Gasteiger partial charge in [0.05, 0.1) is 5.92 Å². The van der Waals surface area contributed by atoms with E-state index in [4.69, 9.17) is 9.84 Å². The van der Waals surface area contributed by atoms with E-state index in [1.54, 1.807) is 4.90 Å². The number of fused-ring (bicyclic) bond motifs is 1. The summed E-state index contributed by atoms with van der Waals surface area (Å²) in [5, 5.41) is 9.08. The van der Waals surface area contributed by atoms with E-state index >= 15 is 0 Å². The number of amides is 1. The predicted molar refractivity (Wildman–Crippen MR) is 76.1 cm³/mol. The minimum Gasteiger partial charge on any atom is -0.481 e. The number of nitrogens with zero attached hydrogens (tertiary/aromatic N) is 1. The number of rotatable bonds is 2. The Morgan fingerprint density at radius 1 is 1.33 bits per heavy atom. The van der Waals surface area contributed by atoms with Crippen molar-refractivity contribution in [3.63, 3.8) is 0 Å². The summed E-state index contributed by atoms with van der Waals surface area (Å²) < 4.78 is 5.74. The van der Waals surface area contributed by atoms with E-state index in [1.165, 1.54) is 0 Å². The number of carbonyl (C=O) groups excluding carboxylic acids is 1. The van der Waals surface area contributed by atoms with Crippen LogP contribution in [0.3, 0.4) is 0 Å². The maximum atomic E-state index is 12.6. The molecule has 112 valence electrons. The number of ether oxygens (including phenoxy) is 1. The number of hydrogen-bond donors (Lipinski definition) is 1. The maximum absolute atomic E-state index is 12.6. The van der Waals surface area contributed by atoms with Gasteiger partial charge in [-0.3, -0.25) is 9.59 Å². The van der Waals surface area contributed by atoms with E-state index in [-0.39, 0.29) is 17.9 Å². The fraction of sp³-hybridized carbons (Fsp3) is 0.500. The van der Waals surface area contributed by atoms with Crippen LogP contribution in [0.5, 0.6) is 5.75 Å². The Morgan fingerprint density at radius 2 is 2.10 bits per heavy atom.